The van der Waals surface area contributed by atoms with E-state index in [0.717, 1.165) is 35.0 Å². The van der Waals surface area contributed by atoms with Gasteiger partial charge in [-0.25, -0.2) is 9.18 Å². The molecule has 1 fully saturated rings. The highest BCUT2D eigenvalue weighted by Gasteiger charge is 2.31. The number of benzene rings is 3. The number of carbonyl (C=O) groups is 1. The summed E-state index contributed by atoms with van der Waals surface area (Å²) in [6, 6.07) is 20.4. The predicted molar refractivity (Wildman–Crippen MR) is 143 cm³/mol. The number of carboxylic acids is 1. The van der Waals surface area contributed by atoms with Gasteiger partial charge in [0.15, 0.2) is 0 Å². The molecule has 6 heteroatoms. The summed E-state index contributed by atoms with van der Waals surface area (Å²) >= 11 is 0. The van der Waals surface area contributed by atoms with E-state index in [1.165, 1.54) is 42.5 Å². The zero-order valence-corrected chi connectivity index (χ0v) is 20.8. The molecule has 0 bridgehead atoms. The zero-order chi connectivity index (χ0) is 25.4. The fraction of sp³-hybridized carbons (Fsp3) is 0.323. The molecule has 0 radical (unpaired) electrons. The molecule has 0 amide bonds. The van der Waals surface area contributed by atoms with E-state index in [2.05, 4.69) is 22.0 Å². The molecule has 5 nitrogen and oxygen atoms in total. The molecule has 0 unspecified atom stereocenters. The van der Waals surface area contributed by atoms with Crippen molar-refractivity contribution in [1.82, 2.24) is 9.88 Å². The van der Waals surface area contributed by atoms with E-state index < -0.39 is 5.97 Å². The fourth-order valence-electron chi connectivity index (χ4n) is 6.05. The van der Waals surface area contributed by atoms with Crippen molar-refractivity contribution in [3.63, 3.8) is 0 Å². The first-order valence-corrected chi connectivity index (χ1v) is 13.2. The van der Waals surface area contributed by atoms with Crippen LogP contribution in [0.4, 0.5) is 4.39 Å². The average molecular weight is 499 g/mol. The van der Waals surface area contributed by atoms with E-state index in [1.54, 1.807) is 12.1 Å². The maximum absolute atomic E-state index is 14.4. The molecule has 37 heavy (non-hydrogen) atoms. The minimum Gasteiger partial charge on any atom is -0.491 e. The van der Waals surface area contributed by atoms with Crippen LogP contribution in [0, 0.1) is 5.82 Å². The lowest BCUT2D eigenvalue weighted by Gasteiger charge is -2.28. The van der Waals surface area contributed by atoms with Gasteiger partial charge in [0, 0.05) is 35.6 Å². The van der Waals surface area contributed by atoms with Crippen molar-refractivity contribution >= 4 is 16.9 Å². The van der Waals surface area contributed by atoms with Crippen LogP contribution in [-0.4, -0.2) is 28.3 Å². The molecule has 1 aliphatic heterocycles. The summed E-state index contributed by atoms with van der Waals surface area (Å²) in [5.74, 6) is -0.364. The van der Waals surface area contributed by atoms with Crippen LogP contribution in [0.3, 0.4) is 0 Å². The van der Waals surface area contributed by atoms with Gasteiger partial charge in [0.25, 0.3) is 0 Å². The topological polar surface area (TPSA) is 63.5 Å². The SMILES string of the molecule is O=C(O)c1ccc2c(C3CCCCC3)c3n(c2c1)C[C@@H](NCc1ccccc1)COc1cc(F)ccc1-3. The quantitative estimate of drug-likeness (QED) is 0.320. The first kappa shape index (κ1) is 23.7. The third-order valence-electron chi connectivity index (χ3n) is 7.84. The van der Waals surface area contributed by atoms with E-state index in [0.29, 0.717) is 31.4 Å². The van der Waals surface area contributed by atoms with Crippen LogP contribution in [0.15, 0.2) is 66.7 Å². The Morgan fingerprint density at radius 1 is 1.03 bits per heavy atom. The normalized spacial score (nSPS) is 17.9. The molecule has 1 atom stereocenters. The zero-order valence-electron chi connectivity index (χ0n) is 20.8. The second-order valence-electron chi connectivity index (χ2n) is 10.3. The van der Waals surface area contributed by atoms with Gasteiger partial charge in [-0.05, 0) is 54.2 Å². The minimum atomic E-state index is -0.938. The van der Waals surface area contributed by atoms with Crippen molar-refractivity contribution in [3.05, 3.63) is 89.2 Å². The molecule has 1 aromatic heterocycles. The molecule has 3 aromatic carbocycles. The highest BCUT2D eigenvalue weighted by Crippen LogP contribution is 2.47. The van der Waals surface area contributed by atoms with Gasteiger partial charge in [-0.15, -0.1) is 0 Å². The lowest BCUT2D eigenvalue weighted by Crippen LogP contribution is -2.39. The average Bonchev–Trinajstić information content (AvgIpc) is 3.22. The number of nitrogens with zero attached hydrogens (tertiary/aromatic N) is 1. The van der Waals surface area contributed by atoms with Crippen molar-refractivity contribution in [2.24, 2.45) is 0 Å². The monoisotopic (exact) mass is 498 g/mol. The van der Waals surface area contributed by atoms with Crippen LogP contribution in [-0.2, 0) is 13.1 Å². The Morgan fingerprint density at radius 3 is 2.62 bits per heavy atom. The Bertz CT molecular complexity index is 1440. The molecule has 190 valence electrons. The van der Waals surface area contributed by atoms with Gasteiger partial charge >= 0.3 is 5.97 Å². The fourth-order valence-corrected chi connectivity index (χ4v) is 6.05. The van der Waals surface area contributed by atoms with Gasteiger partial charge in [0.05, 0.1) is 17.3 Å². The maximum Gasteiger partial charge on any atom is 0.335 e. The highest BCUT2D eigenvalue weighted by molar-refractivity contribution is 5.98. The highest BCUT2D eigenvalue weighted by atomic mass is 19.1. The number of hydrogen-bond acceptors (Lipinski definition) is 3. The van der Waals surface area contributed by atoms with E-state index in [-0.39, 0.29) is 17.4 Å². The number of ether oxygens (including phenoxy) is 1. The molecule has 0 spiro atoms. The van der Waals surface area contributed by atoms with Gasteiger partial charge in [-0.1, -0.05) is 55.7 Å². The summed E-state index contributed by atoms with van der Waals surface area (Å²) in [7, 11) is 0. The van der Waals surface area contributed by atoms with E-state index >= 15 is 0 Å². The van der Waals surface area contributed by atoms with Crippen LogP contribution < -0.4 is 10.1 Å². The largest absolute Gasteiger partial charge is 0.491 e. The number of rotatable bonds is 5. The van der Waals surface area contributed by atoms with E-state index in [1.807, 2.05) is 30.3 Å². The summed E-state index contributed by atoms with van der Waals surface area (Å²) in [4.78, 5) is 11.9. The molecule has 2 heterocycles. The van der Waals surface area contributed by atoms with Crippen molar-refractivity contribution in [2.75, 3.05) is 6.61 Å². The molecule has 1 saturated carbocycles. The Balaban J connectivity index is 1.53. The second-order valence-corrected chi connectivity index (χ2v) is 10.3. The Hall–Kier alpha value is -3.64. The van der Waals surface area contributed by atoms with Crippen LogP contribution >= 0.6 is 0 Å². The van der Waals surface area contributed by atoms with Gasteiger partial charge in [0.2, 0.25) is 0 Å². The van der Waals surface area contributed by atoms with Crippen LogP contribution in [0.1, 0.15) is 59.5 Å². The van der Waals surface area contributed by atoms with Gasteiger partial charge in [0.1, 0.15) is 18.2 Å². The van der Waals surface area contributed by atoms with Crippen LogP contribution in [0.5, 0.6) is 5.75 Å². The summed E-state index contributed by atoms with van der Waals surface area (Å²) in [6.45, 7) is 1.67. The minimum absolute atomic E-state index is 0.0568. The molecule has 1 aliphatic carbocycles. The van der Waals surface area contributed by atoms with Crippen molar-refractivity contribution < 1.29 is 19.0 Å². The molecular formula is C31H31FN2O3. The number of hydrogen-bond donors (Lipinski definition) is 2. The second kappa shape index (κ2) is 10.0. The van der Waals surface area contributed by atoms with Crippen molar-refractivity contribution in [1.29, 1.82) is 0 Å². The number of halogens is 1. The van der Waals surface area contributed by atoms with Crippen LogP contribution in [0.25, 0.3) is 22.2 Å². The number of carboxylic acid groups (broad SMARTS) is 1. The third kappa shape index (κ3) is 4.62. The summed E-state index contributed by atoms with van der Waals surface area (Å²) in [6.07, 6.45) is 5.79. The van der Waals surface area contributed by atoms with Gasteiger partial charge < -0.3 is 19.7 Å². The predicted octanol–water partition coefficient (Wildman–Crippen LogP) is 6.74. The maximum atomic E-state index is 14.4. The Morgan fingerprint density at radius 2 is 1.84 bits per heavy atom. The lowest BCUT2D eigenvalue weighted by molar-refractivity contribution is 0.0697. The first-order valence-electron chi connectivity index (χ1n) is 13.2. The third-order valence-corrected chi connectivity index (χ3v) is 7.84. The van der Waals surface area contributed by atoms with Crippen molar-refractivity contribution in [3.8, 4) is 17.0 Å². The molecule has 2 N–H and O–H groups in total. The molecular weight excluding hydrogens is 467 g/mol. The van der Waals surface area contributed by atoms with Crippen molar-refractivity contribution in [2.45, 2.75) is 57.2 Å². The number of fused-ring (bicyclic) bond motifs is 5. The molecule has 6 rings (SSSR count). The number of aromatic carboxylic acids is 1. The molecule has 2 aliphatic rings. The Kier molecular flexibility index (Phi) is 6.43. The Labute approximate surface area is 215 Å². The molecule has 4 aromatic rings. The summed E-state index contributed by atoms with van der Waals surface area (Å²) in [5.41, 5.74) is 5.51. The number of aromatic nitrogens is 1. The summed E-state index contributed by atoms with van der Waals surface area (Å²) in [5, 5.41) is 14.5. The number of nitrogens with one attached hydrogen (secondary N) is 1. The van der Waals surface area contributed by atoms with E-state index in [9.17, 15) is 14.3 Å². The van der Waals surface area contributed by atoms with Gasteiger partial charge in [-0.2, -0.15) is 0 Å². The lowest BCUT2D eigenvalue weighted by atomic mass is 9.81. The van der Waals surface area contributed by atoms with E-state index in [4.69, 9.17) is 4.74 Å². The molecule has 0 saturated heterocycles. The standard InChI is InChI=1S/C31H31FN2O3/c32-23-12-14-26-28(16-23)37-19-24(33-17-20-7-3-1-4-8-20)18-34-27-15-22(31(35)36)11-13-25(27)29(30(26)34)21-9-5-2-6-10-21/h1,3-4,7-8,11-16,21,24,33H,2,5-6,9-10,17-19H2,(H,35,36)/t24-/m1/s1. The van der Waals surface area contributed by atoms with Gasteiger partial charge in [-0.3, -0.25) is 0 Å². The summed E-state index contributed by atoms with van der Waals surface area (Å²) < 4.78 is 22.9. The smallest absolute Gasteiger partial charge is 0.335 e. The van der Waals surface area contributed by atoms with Crippen LogP contribution in [0.2, 0.25) is 0 Å². The first-order chi connectivity index (χ1) is 18.1.